The Morgan fingerprint density at radius 1 is 1.00 bits per heavy atom. The summed E-state index contributed by atoms with van der Waals surface area (Å²) < 4.78 is 5.01. The number of hydrogen-bond donors (Lipinski definition) is 1. The number of ether oxygens (including phenoxy) is 1. The van der Waals surface area contributed by atoms with Gasteiger partial charge < -0.3 is 19.9 Å². The highest BCUT2D eigenvalue weighted by atomic mass is 16.5. The van der Waals surface area contributed by atoms with E-state index in [1.165, 1.54) is 19.5 Å². The van der Waals surface area contributed by atoms with Crippen molar-refractivity contribution in [2.75, 3.05) is 67.1 Å². The zero-order chi connectivity index (χ0) is 12.9. The molecule has 0 bridgehead atoms. The summed E-state index contributed by atoms with van der Waals surface area (Å²) in [5.74, 6) is 0. The smallest absolute Gasteiger partial charge is 0.0474 e. The quantitative estimate of drug-likeness (QED) is 0.517. The third-order valence-corrected chi connectivity index (χ3v) is 2.83. The summed E-state index contributed by atoms with van der Waals surface area (Å²) in [4.78, 5) is 4.75. The summed E-state index contributed by atoms with van der Waals surface area (Å²) >= 11 is 0. The summed E-state index contributed by atoms with van der Waals surface area (Å²) in [6, 6.07) is 0. The van der Waals surface area contributed by atoms with Gasteiger partial charge in [0.1, 0.15) is 0 Å². The van der Waals surface area contributed by atoms with Crippen LogP contribution in [0.15, 0.2) is 0 Å². The summed E-state index contributed by atoms with van der Waals surface area (Å²) in [6.07, 6.45) is 2.35. The van der Waals surface area contributed by atoms with E-state index in [0.29, 0.717) is 0 Å². The van der Waals surface area contributed by atoms with Crippen molar-refractivity contribution in [2.24, 2.45) is 0 Å². The van der Waals surface area contributed by atoms with E-state index in [-0.39, 0.29) is 0 Å². The van der Waals surface area contributed by atoms with Crippen molar-refractivity contribution in [1.29, 1.82) is 0 Å². The SMILES string of the molecule is CCN(CCCN(C)C)CCNCCCOC. The molecule has 0 amide bonds. The molecule has 0 heterocycles. The first-order valence-electron chi connectivity index (χ1n) is 6.77. The predicted octanol–water partition coefficient (Wildman–Crippen LogP) is 0.886. The monoisotopic (exact) mass is 245 g/mol. The second kappa shape index (κ2) is 12.3. The normalized spacial score (nSPS) is 11.6. The molecule has 1 N–H and O–H groups in total. The van der Waals surface area contributed by atoms with Crippen LogP contribution in [0.4, 0.5) is 0 Å². The molecule has 0 aliphatic rings. The third-order valence-electron chi connectivity index (χ3n) is 2.83. The fourth-order valence-electron chi connectivity index (χ4n) is 1.74. The maximum absolute atomic E-state index is 5.01. The van der Waals surface area contributed by atoms with E-state index in [1.807, 2.05) is 0 Å². The molecule has 4 nitrogen and oxygen atoms in total. The molecule has 0 saturated heterocycles. The molecular weight excluding hydrogens is 214 g/mol. The van der Waals surface area contributed by atoms with Crippen LogP contribution in [-0.4, -0.2) is 76.9 Å². The topological polar surface area (TPSA) is 27.7 Å². The van der Waals surface area contributed by atoms with Crippen LogP contribution in [0, 0.1) is 0 Å². The summed E-state index contributed by atoms with van der Waals surface area (Å²) in [6.45, 7) is 9.91. The Bertz CT molecular complexity index is 154. The Kier molecular flexibility index (Phi) is 12.2. The Morgan fingerprint density at radius 2 is 1.76 bits per heavy atom. The fourth-order valence-corrected chi connectivity index (χ4v) is 1.74. The average Bonchev–Trinajstić information content (AvgIpc) is 2.30. The molecule has 0 fully saturated rings. The van der Waals surface area contributed by atoms with E-state index in [0.717, 1.165) is 39.2 Å². The molecule has 4 heteroatoms. The van der Waals surface area contributed by atoms with E-state index in [2.05, 4.69) is 36.1 Å². The molecule has 0 spiro atoms. The molecule has 0 radical (unpaired) electrons. The van der Waals surface area contributed by atoms with E-state index >= 15 is 0 Å². The first-order chi connectivity index (χ1) is 8.20. The molecule has 0 saturated carbocycles. The largest absolute Gasteiger partial charge is 0.385 e. The van der Waals surface area contributed by atoms with Gasteiger partial charge in [0.2, 0.25) is 0 Å². The lowest BCUT2D eigenvalue weighted by molar-refractivity contribution is 0.193. The minimum atomic E-state index is 0.854. The van der Waals surface area contributed by atoms with Crippen LogP contribution in [0.1, 0.15) is 19.8 Å². The van der Waals surface area contributed by atoms with Crippen LogP contribution < -0.4 is 5.32 Å². The summed E-state index contributed by atoms with van der Waals surface area (Å²) in [7, 11) is 6.02. The van der Waals surface area contributed by atoms with Crippen LogP contribution in [0.25, 0.3) is 0 Å². The number of methoxy groups -OCH3 is 1. The Hall–Kier alpha value is -0.160. The van der Waals surface area contributed by atoms with Gasteiger partial charge in [-0.05, 0) is 53.1 Å². The molecule has 0 unspecified atom stereocenters. The first kappa shape index (κ1) is 16.8. The van der Waals surface area contributed by atoms with Crippen LogP contribution in [-0.2, 0) is 4.74 Å². The fraction of sp³-hybridized carbons (Fsp3) is 1.00. The molecule has 104 valence electrons. The van der Waals surface area contributed by atoms with E-state index in [9.17, 15) is 0 Å². The standard InChI is InChI=1S/C13H31N3O/c1-5-16(11-7-10-15(2)3)12-9-14-8-6-13-17-4/h14H,5-13H2,1-4H3. The molecule has 0 rings (SSSR count). The average molecular weight is 245 g/mol. The van der Waals surface area contributed by atoms with E-state index < -0.39 is 0 Å². The molecule has 0 aromatic heterocycles. The van der Waals surface area contributed by atoms with Gasteiger partial charge in [-0.2, -0.15) is 0 Å². The van der Waals surface area contributed by atoms with Gasteiger partial charge in [-0.1, -0.05) is 6.92 Å². The lowest BCUT2D eigenvalue weighted by Crippen LogP contribution is -2.34. The van der Waals surface area contributed by atoms with Crippen molar-refractivity contribution >= 4 is 0 Å². The van der Waals surface area contributed by atoms with E-state index in [1.54, 1.807) is 7.11 Å². The van der Waals surface area contributed by atoms with Crippen molar-refractivity contribution < 1.29 is 4.74 Å². The zero-order valence-electron chi connectivity index (χ0n) is 12.2. The Morgan fingerprint density at radius 3 is 2.35 bits per heavy atom. The molecular formula is C13H31N3O. The first-order valence-corrected chi connectivity index (χ1v) is 6.77. The maximum Gasteiger partial charge on any atom is 0.0474 e. The van der Waals surface area contributed by atoms with Crippen molar-refractivity contribution in [3.8, 4) is 0 Å². The lowest BCUT2D eigenvalue weighted by Gasteiger charge is -2.21. The van der Waals surface area contributed by atoms with Crippen LogP contribution >= 0.6 is 0 Å². The molecule has 0 aromatic rings. The predicted molar refractivity (Wildman–Crippen MR) is 74.6 cm³/mol. The zero-order valence-corrected chi connectivity index (χ0v) is 12.2. The van der Waals surface area contributed by atoms with Crippen molar-refractivity contribution in [2.45, 2.75) is 19.8 Å². The van der Waals surface area contributed by atoms with Gasteiger partial charge >= 0.3 is 0 Å². The Balaban J connectivity index is 3.35. The van der Waals surface area contributed by atoms with Gasteiger partial charge in [0, 0.05) is 26.8 Å². The van der Waals surface area contributed by atoms with Gasteiger partial charge in [-0.25, -0.2) is 0 Å². The van der Waals surface area contributed by atoms with Crippen molar-refractivity contribution in [1.82, 2.24) is 15.1 Å². The van der Waals surface area contributed by atoms with Crippen molar-refractivity contribution in [3.05, 3.63) is 0 Å². The Labute approximate surface area is 107 Å². The van der Waals surface area contributed by atoms with Crippen LogP contribution in [0.2, 0.25) is 0 Å². The van der Waals surface area contributed by atoms with Gasteiger partial charge in [-0.15, -0.1) is 0 Å². The molecule has 0 aliphatic heterocycles. The highest BCUT2D eigenvalue weighted by Crippen LogP contribution is 1.92. The number of hydrogen-bond acceptors (Lipinski definition) is 4. The second-order valence-electron chi connectivity index (χ2n) is 4.69. The number of rotatable bonds is 12. The second-order valence-corrected chi connectivity index (χ2v) is 4.69. The van der Waals surface area contributed by atoms with Crippen LogP contribution in [0.5, 0.6) is 0 Å². The minimum absolute atomic E-state index is 0.854. The summed E-state index contributed by atoms with van der Waals surface area (Å²) in [5, 5.41) is 3.45. The van der Waals surface area contributed by atoms with E-state index in [4.69, 9.17) is 4.74 Å². The molecule has 17 heavy (non-hydrogen) atoms. The minimum Gasteiger partial charge on any atom is -0.385 e. The van der Waals surface area contributed by atoms with Gasteiger partial charge in [-0.3, -0.25) is 0 Å². The lowest BCUT2D eigenvalue weighted by atomic mass is 10.3. The maximum atomic E-state index is 5.01. The van der Waals surface area contributed by atoms with Crippen LogP contribution in [0.3, 0.4) is 0 Å². The number of likely N-dealkylation sites (N-methyl/N-ethyl adjacent to an activating group) is 1. The molecule has 0 aliphatic carbocycles. The van der Waals surface area contributed by atoms with Gasteiger partial charge in [0.25, 0.3) is 0 Å². The third kappa shape index (κ3) is 12.1. The molecule has 0 atom stereocenters. The summed E-state index contributed by atoms with van der Waals surface area (Å²) in [5.41, 5.74) is 0. The highest BCUT2D eigenvalue weighted by molar-refractivity contribution is 4.59. The number of nitrogens with zero attached hydrogens (tertiary/aromatic N) is 2. The van der Waals surface area contributed by atoms with Crippen molar-refractivity contribution in [3.63, 3.8) is 0 Å². The highest BCUT2D eigenvalue weighted by Gasteiger charge is 2.01. The molecule has 0 aromatic carbocycles. The van der Waals surface area contributed by atoms with Gasteiger partial charge in [0.05, 0.1) is 0 Å². The number of nitrogens with one attached hydrogen (secondary N) is 1. The van der Waals surface area contributed by atoms with Gasteiger partial charge in [0.15, 0.2) is 0 Å².